The minimum atomic E-state index is -0.115. The molecule has 0 bridgehead atoms. The monoisotopic (exact) mass is 378 g/mol. The van der Waals surface area contributed by atoms with Crippen LogP contribution in [0.25, 0.3) is 0 Å². The summed E-state index contributed by atoms with van der Waals surface area (Å²) in [5.41, 5.74) is 1.31. The summed E-state index contributed by atoms with van der Waals surface area (Å²) in [5.74, 6) is 0.157. The van der Waals surface area contributed by atoms with Crippen LogP contribution in [-0.4, -0.2) is 74.6 Å². The number of allylic oxidation sites excluding steroid dienone is 2. The normalized spacial score (nSPS) is 41.9. The van der Waals surface area contributed by atoms with E-state index < -0.39 is 0 Å². The Kier molecular flexibility index (Phi) is 5.88. The minimum absolute atomic E-state index is 0.0393. The first-order valence-electron chi connectivity index (χ1n) is 10.6. The van der Waals surface area contributed by atoms with Crippen LogP contribution in [0.3, 0.4) is 0 Å². The summed E-state index contributed by atoms with van der Waals surface area (Å²) in [5, 5.41) is 3.51. The van der Waals surface area contributed by atoms with Crippen molar-refractivity contribution in [1.29, 1.82) is 0 Å². The third-order valence-corrected chi connectivity index (χ3v) is 6.81. The zero-order valence-corrected chi connectivity index (χ0v) is 16.7. The van der Waals surface area contributed by atoms with Gasteiger partial charge in [-0.1, -0.05) is 11.6 Å². The van der Waals surface area contributed by atoms with Gasteiger partial charge in [-0.2, -0.15) is 0 Å². The van der Waals surface area contributed by atoms with Crippen molar-refractivity contribution in [3.8, 4) is 0 Å². The van der Waals surface area contributed by atoms with Crippen LogP contribution in [0.4, 0.5) is 0 Å². The van der Waals surface area contributed by atoms with Crippen LogP contribution in [0.1, 0.15) is 39.5 Å². The number of morpholine rings is 1. The number of hydrogen-bond donors (Lipinski definition) is 1. The lowest BCUT2D eigenvalue weighted by atomic mass is 9.80. The zero-order valence-electron chi connectivity index (χ0n) is 16.7. The first-order valence-corrected chi connectivity index (χ1v) is 10.6. The summed E-state index contributed by atoms with van der Waals surface area (Å²) in [4.78, 5) is 15.0. The average Bonchev–Trinajstić information content (AvgIpc) is 3.23. The van der Waals surface area contributed by atoms with Crippen LogP contribution >= 0.6 is 0 Å². The molecule has 3 saturated heterocycles. The second-order valence-electron chi connectivity index (χ2n) is 8.81. The third kappa shape index (κ3) is 4.39. The van der Waals surface area contributed by atoms with Crippen LogP contribution in [0.15, 0.2) is 11.6 Å². The molecule has 1 unspecified atom stereocenters. The molecule has 3 aliphatic heterocycles. The second kappa shape index (κ2) is 8.19. The van der Waals surface area contributed by atoms with E-state index in [2.05, 4.69) is 30.1 Å². The Hall–Kier alpha value is -0.950. The van der Waals surface area contributed by atoms with Crippen LogP contribution in [-0.2, 0) is 19.0 Å². The van der Waals surface area contributed by atoms with Crippen molar-refractivity contribution >= 4 is 5.97 Å². The van der Waals surface area contributed by atoms with E-state index in [0.717, 1.165) is 65.1 Å². The van der Waals surface area contributed by atoms with Gasteiger partial charge in [0.15, 0.2) is 0 Å². The summed E-state index contributed by atoms with van der Waals surface area (Å²) in [6.45, 7) is 10.6. The fourth-order valence-corrected chi connectivity index (χ4v) is 4.89. The Bertz CT molecular complexity index is 575. The molecule has 3 fully saturated rings. The average molecular weight is 379 g/mol. The number of rotatable bonds is 5. The second-order valence-corrected chi connectivity index (χ2v) is 8.81. The van der Waals surface area contributed by atoms with E-state index >= 15 is 0 Å². The highest BCUT2D eigenvalue weighted by Gasteiger charge is 2.62. The quantitative estimate of drug-likeness (QED) is 0.340. The van der Waals surface area contributed by atoms with Gasteiger partial charge in [0.25, 0.3) is 0 Å². The molecule has 0 aromatic heterocycles. The molecule has 0 saturated carbocycles. The predicted molar refractivity (Wildman–Crippen MR) is 102 cm³/mol. The Labute approximate surface area is 162 Å². The summed E-state index contributed by atoms with van der Waals surface area (Å²) < 4.78 is 17.3. The van der Waals surface area contributed by atoms with Gasteiger partial charge in [0.1, 0.15) is 12.2 Å². The van der Waals surface area contributed by atoms with E-state index in [1.807, 2.05) is 0 Å². The molecule has 0 radical (unpaired) electrons. The first-order chi connectivity index (χ1) is 13.1. The lowest BCUT2D eigenvalue weighted by Gasteiger charge is -2.27. The van der Waals surface area contributed by atoms with Crippen LogP contribution in [0.2, 0.25) is 0 Å². The molecule has 4 aliphatic rings. The third-order valence-electron chi connectivity index (χ3n) is 6.81. The maximum absolute atomic E-state index is 12.6. The summed E-state index contributed by atoms with van der Waals surface area (Å²) in [6.07, 6.45) is 6.47. The standard InChI is InChI=1S/C21H34N2O4/c1-15-4-3-7-21(2)19(27-21)18-16(6-5-15)17(20(24)26-18)14-22-8-9-23-10-12-25-13-11-23/h4,16-19,22H,3,5-14H2,1-2H3/b15-4-/t16-,17?,18-,19-,21+/m0/s1. The van der Waals surface area contributed by atoms with Crippen molar-refractivity contribution in [3.05, 3.63) is 11.6 Å². The zero-order chi connectivity index (χ0) is 18.9. The van der Waals surface area contributed by atoms with E-state index in [0.29, 0.717) is 6.54 Å². The largest absolute Gasteiger partial charge is 0.459 e. The van der Waals surface area contributed by atoms with Gasteiger partial charge in [-0.3, -0.25) is 9.69 Å². The Morgan fingerprint density at radius 1 is 1.33 bits per heavy atom. The molecule has 6 nitrogen and oxygen atoms in total. The summed E-state index contributed by atoms with van der Waals surface area (Å²) in [6, 6.07) is 0. The Morgan fingerprint density at radius 3 is 2.96 bits per heavy atom. The molecule has 0 aromatic rings. The van der Waals surface area contributed by atoms with Gasteiger partial charge < -0.3 is 19.5 Å². The van der Waals surface area contributed by atoms with E-state index in [1.165, 1.54) is 5.57 Å². The summed E-state index contributed by atoms with van der Waals surface area (Å²) >= 11 is 0. The number of nitrogens with one attached hydrogen (secondary N) is 1. The molecule has 0 spiro atoms. The van der Waals surface area contributed by atoms with Crippen molar-refractivity contribution in [2.75, 3.05) is 45.9 Å². The van der Waals surface area contributed by atoms with Crippen molar-refractivity contribution in [3.63, 3.8) is 0 Å². The molecule has 1 aliphatic carbocycles. The highest BCUT2D eigenvalue weighted by Crippen LogP contribution is 2.50. The van der Waals surface area contributed by atoms with E-state index in [9.17, 15) is 4.79 Å². The lowest BCUT2D eigenvalue weighted by Crippen LogP contribution is -2.42. The van der Waals surface area contributed by atoms with Gasteiger partial charge in [-0.25, -0.2) is 0 Å². The smallest absolute Gasteiger partial charge is 0.311 e. The van der Waals surface area contributed by atoms with Crippen LogP contribution in [0, 0.1) is 11.8 Å². The highest BCUT2D eigenvalue weighted by molar-refractivity contribution is 5.75. The topological polar surface area (TPSA) is 63.3 Å². The van der Waals surface area contributed by atoms with E-state index in [-0.39, 0.29) is 35.6 Å². The van der Waals surface area contributed by atoms with Crippen LogP contribution < -0.4 is 5.32 Å². The van der Waals surface area contributed by atoms with Crippen LogP contribution in [0.5, 0.6) is 0 Å². The number of nitrogens with zero attached hydrogens (tertiary/aromatic N) is 1. The van der Waals surface area contributed by atoms with Gasteiger partial charge in [-0.15, -0.1) is 0 Å². The molecule has 4 rings (SSSR count). The molecule has 5 atom stereocenters. The lowest BCUT2D eigenvalue weighted by molar-refractivity contribution is -0.144. The van der Waals surface area contributed by atoms with Gasteiger partial charge in [-0.05, 0) is 39.5 Å². The molecule has 27 heavy (non-hydrogen) atoms. The molecular weight excluding hydrogens is 344 g/mol. The minimum Gasteiger partial charge on any atom is -0.459 e. The SMILES string of the molecule is C/C1=C/CC[C@@]2(C)O[C@H]2[C@H]2OC(=O)C(CNCCN3CCOCC3)[C@@H]2CC1. The molecule has 0 amide bonds. The molecule has 0 aromatic carbocycles. The van der Waals surface area contributed by atoms with Gasteiger partial charge >= 0.3 is 5.97 Å². The van der Waals surface area contributed by atoms with Gasteiger partial charge in [0.05, 0.1) is 24.7 Å². The van der Waals surface area contributed by atoms with Crippen molar-refractivity contribution < 1.29 is 19.0 Å². The van der Waals surface area contributed by atoms with Gasteiger partial charge in [0, 0.05) is 38.6 Å². The number of esters is 1. The number of ether oxygens (including phenoxy) is 3. The van der Waals surface area contributed by atoms with Gasteiger partial charge in [0.2, 0.25) is 0 Å². The fourth-order valence-electron chi connectivity index (χ4n) is 4.89. The highest BCUT2D eigenvalue weighted by atomic mass is 16.6. The molecule has 1 N–H and O–H groups in total. The van der Waals surface area contributed by atoms with Crippen molar-refractivity contribution in [2.24, 2.45) is 11.8 Å². The molecule has 152 valence electrons. The molecule has 3 heterocycles. The maximum Gasteiger partial charge on any atom is 0.311 e. The van der Waals surface area contributed by atoms with E-state index in [4.69, 9.17) is 14.2 Å². The van der Waals surface area contributed by atoms with Crippen molar-refractivity contribution in [2.45, 2.75) is 57.3 Å². The number of carbonyl (C=O) groups is 1. The summed E-state index contributed by atoms with van der Waals surface area (Å²) in [7, 11) is 0. The molecule has 6 heteroatoms. The fraction of sp³-hybridized carbons (Fsp3) is 0.857. The number of carbonyl (C=O) groups excluding carboxylic acids is 1. The number of hydrogen-bond acceptors (Lipinski definition) is 6. The first kappa shape index (κ1) is 19.4. The molecular formula is C21H34N2O4. The van der Waals surface area contributed by atoms with Crippen molar-refractivity contribution in [1.82, 2.24) is 10.2 Å². The number of fused-ring (bicyclic) bond motifs is 3. The van der Waals surface area contributed by atoms with E-state index in [1.54, 1.807) is 0 Å². The number of epoxide rings is 1. The Morgan fingerprint density at radius 2 is 2.15 bits per heavy atom. The Balaban J connectivity index is 1.34. The predicted octanol–water partition coefficient (Wildman–Crippen LogP) is 1.74. The maximum atomic E-state index is 12.6.